The van der Waals surface area contributed by atoms with Crippen LogP contribution in [0.15, 0.2) is 47.6 Å². The number of nitrogens with one attached hydrogen (secondary N) is 1. The van der Waals surface area contributed by atoms with Gasteiger partial charge in [-0.15, -0.1) is 0 Å². The summed E-state index contributed by atoms with van der Waals surface area (Å²) in [7, 11) is -3.54. The quantitative estimate of drug-likeness (QED) is 0.924. The Morgan fingerprint density at radius 3 is 2.28 bits per heavy atom. The molecule has 0 bridgehead atoms. The van der Waals surface area contributed by atoms with Crippen molar-refractivity contribution < 1.29 is 8.42 Å². The molecule has 1 aromatic heterocycles. The highest BCUT2D eigenvalue weighted by Gasteiger charge is 2.13. The Morgan fingerprint density at radius 2 is 1.67 bits per heavy atom. The van der Waals surface area contributed by atoms with Crippen molar-refractivity contribution in [3.63, 3.8) is 0 Å². The lowest BCUT2D eigenvalue weighted by molar-refractivity contribution is 0.601. The minimum atomic E-state index is -3.54. The molecular formula is C13H14N2O2S. The Morgan fingerprint density at radius 1 is 1.00 bits per heavy atom. The fraction of sp³-hybridized carbons (Fsp3) is 0.154. The number of aryl methyl sites for hydroxylation is 2. The third-order valence-electron chi connectivity index (χ3n) is 2.46. The van der Waals surface area contributed by atoms with E-state index in [1.165, 1.54) is 6.20 Å². The van der Waals surface area contributed by atoms with Gasteiger partial charge in [0.2, 0.25) is 0 Å². The maximum absolute atomic E-state index is 12.1. The summed E-state index contributed by atoms with van der Waals surface area (Å²) in [5, 5.41) is 0. The van der Waals surface area contributed by atoms with Gasteiger partial charge in [-0.3, -0.25) is 9.71 Å². The Balaban J connectivity index is 2.30. The number of nitrogens with zero attached hydrogens (tertiary/aromatic N) is 1. The monoisotopic (exact) mass is 262 g/mol. The van der Waals surface area contributed by atoms with E-state index in [1.54, 1.807) is 36.5 Å². The lowest BCUT2D eigenvalue weighted by atomic mass is 10.2. The molecule has 0 aliphatic carbocycles. The topological polar surface area (TPSA) is 59.1 Å². The van der Waals surface area contributed by atoms with Gasteiger partial charge in [-0.05, 0) is 37.6 Å². The summed E-state index contributed by atoms with van der Waals surface area (Å²) in [4.78, 5) is 4.19. The summed E-state index contributed by atoms with van der Waals surface area (Å²) in [6, 6.07) is 8.44. The summed E-state index contributed by atoms with van der Waals surface area (Å²) < 4.78 is 26.7. The predicted molar refractivity (Wildman–Crippen MR) is 71.0 cm³/mol. The molecule has 0 spiro atoms. The van der Waals surface area contributed by atoms with E-state index in [9.17, 15) is 8.42 Å². The van der Waals surface area contributed by atoms with Gasteiger partial charge < -0.3 is 0 Å². The van der Waals surface area contributed by atoms with E-state index < -0.39 is 10.0 Å². The molecule has 1 aromatic carbocycles. The SMILES string of the molecule is Cc1ccc(S(=O)(=O)Nc2cncc(C)c2)cc1. The van der Waals surface area contributed by atoms with E-state index in [-0.39, 0.29) is 4.90 Å². The largest absolute Gasteiger partial charge is 0.278 e. The average Bonchev–Trinajstić information content (AvgIpc) is 2.29. The van der Waals surface area contributed by atoms with Crippen LogP contribution in [0.25, 0.3) is 0 Å². The minimum absolute atomic E-state index is 0.245. The van der Waals surface area contributed by atoms with E-state index in [0.29, 0.717) is 5.69 Å². The summed E-state index contributed by atoms with van der Waals surface area (Å²) in [6.45, 7) is 3.77. The molecule has 0 fully saturated rings. The molecule has 0 saturated heterocycles. The highest BCUT2D eigenvalue weighted by atomic mass is 32.2. The highest BCUT2D eigenvalue weighted by molar-refractivity contribution is 7.92. The number of hydrogen-bond acceptors (Lipinski definition) is 3. The Labute approximate surface area is 107 Å². The number of benzene rings is 1. The first-order valence-electron chi connectivity index (χ1n) is 5.48. The second kappa shape index (κ2) is 4.78. The van der Waals surface area contributed by atoms with Crippen LogP contribution in [-0.4, -0.2) is 13.4 Å². The van der Waals surface area contributed by atoms with Gasteiger partial charge in [0.25, 0.3) is 10.0 Å². The number of aromatic nitrogens is 1. The molecule has 0 aliphatic heterocycles. The maximum atomic E-state index is 12.1. The number of anilines is 1. The molecule has 0 aliphatic rings. The van der Waals surface area contributed by atoms with Gasteiger partial charge in [0, 0.05) is 6.20 Å². The maximum Gasteiger partial charge on any atom is 0.261 e. The van der Waals surface area contributed by atoms with Crippen LogP contribution in [0.2, 0.25) is 0 Å². The molecule has 0 unspecified atom stereocenters. The standard InChI is InChI=1S/C13H14N2O2S/c1-10-3-5-13(6-4-10)18(16,17)15-12-7-11(2)8-14-9-12/h3-9,15H,1-2H3. The van der Waals surface area contributed by atoms with Gasteiger partial charge in [-0.2, -0.15) is 0 Å². The van der Waals surface area contributed by atoms with Crippen molar-refractivity contribution in [2.45, 2.75) is 18.7 Å². The van der Waals surface area contributed by atoms with E-state index in [1.807, 2.05) is 13.8 Å². The molecule has 2 rings (SSSR count). The second-order valence-corrected chi connectivity index (χ2v) is 5.85. The molecule has 1 heterocycles. The zero-order valence-corrected chi connectivity index (χ0v) is 11.0. The van der Waals surface area contributed by atoms with Gasteiger partial charge in [-0.1, -0.05) is 17.7 Å². The van der Waals surface area contributed by atoms with Crippen molar-refractivity contribution in [2.75, 3.05) is 4.72 Å². The van der Waals surface area contributed by atoms with Crippen LogP contribution in [-0.2, 0) is 10.0 Å². The van der Waals surface area contributed by atoms with Crippen LogP contribution in [0.1, 0.15) is 11.1 Å². The number of pyridine rings is 1. The minimum Gasteiger partial charge on any atom is -0.278 e. The van der Waals surface area contributed by atoms with Gasteiger partial charge in [-0.25, -0.2) is 8.42 Å². The first kappa shape index (κ1) is 12.6. The highest BCUT2D eigenvalue weighted by Crippen LogP contribution is 2.16. The second-order valence-electron chi connectivity index (χ2n) is 4.17. The van der Waals surface area contributed by atoms with E-state index in [2.05, 4.69) is 9.71 Å². The molecule has 2 aromatic rings. The Bertz CT molecular complexity index is 649. The van der Waals surface area contributed by atoms with Crippen molar-refractivity contribution in [3.8, 4) is 0 Å². The number of hydrogen-bond donors (Lipinski definition) is 1. The molecule has 0 saturated carbocycles. The molecule has 4 nitrogen and oxygen atoms in total. The van der Waals surface area contributed by atoms with Gasteiger partial charge in [0.1, 0.15) is 0 Å². The molecule has 0 amide bonds. The van der Waals surface area contributed by atoms with Crippen molar-refractivity contribution in [2.24, 2.45) is 0 Å². The van der Waals surface area contributed by atoms with Crippen LogP contribution < -0.4 is 4.72 Å². The molecule has 0 atom stereocenters. The predicted octanol–water partition coefficient (Wildman–Crippen LogP) is 2.50. The number of sulfonamides is 1. The lowest BCUT2D eigenvalue weighted by Gasteiger charge is -2.08. The first-order valence-corrected chi connectivity index (χ1v) is 6.97. The normalized spacial score (nSPS) is 11.2. The van der Waals surface area contributed by atoms with Crippen LogP contribution in [0.3, 0.4) is 0 Å². The molecule has 1 N–H and O–H groups in total. The molecule has 94 valence electrons. The summed E-state index contributed by atoms with van der Waals surface area (Å²) >= 11 is 0. The number of rotatable bonds is 3. The van der Waals surface area contributed by atoms with Crippen LogP contribution in [0.5, 0.6) is 0 Å². The third-order valence-corrected chi connectivity index (χ3v) is 3.86. The Kier molecular flexibility index (Phi) is 3.34. The molecular weight excluding hydrogens is 248 g/mol. The zero-order valence-electron chi connectivity index (χ0n) is 10.2. The smallest absolute Gasteiger partial charge is 0.261 e. The fourth-order valence-electron chi connectivity index (χ4n) is 1.54. The van der Waals surface area contributed by atoms with Crippen molar-refractivity contribution in [3.05, 3.63) is 53.9 Å². The molecule has 0 radical (unpaired) electrons. The van der Waals surface area contributed by atoms with Crippen LogP contribution in [0, 0.1) is 13.8 Å². The van der Waals surface area contributed by atoms with Crippen LogP contribution >= 0.6 is 0 Å². The van der Waals surface area contributed by atoms with Crippen molar-refractivity contribution >= 4 is 15.7 Å². The van der Waals surface area contributed by atoms with E-state index in [4.69, 9.17) is 0 Å². The van der Waals surface area contributed by atoms with Gasteiger partial charge in [0.05, 0.1) is 16.8 Å². The van der Waals surface area contributed by atoms with Crippen LogP contribution in [0.4, 0.5) is 5.69 Å². The molecule has 5 heteroatoms. The Hall–Kier alpha value is -1.88. The van der Waals surface area contributed by atoms with Crippen molar-refractivity contribution in [1.82, 2.24) is 4.98 Å². The summed E-state index contributed by atoms with van der Waals surface area (Å²) in [6.07, 6.45) is 3.16. The van der Waals surface area contributed by atoms with E-state index >= 15 is 0 Å². The lowest BCUT2D eigenvalue weighted by Crippen LogP contribution is -2.13. The van der Waals surface area contributed by atoms with Gasteiger partial charge in [0.15, 0.2) is 0 Å². The summed E-state index contributed by atoms with van der Waals surface area (Å²) in [5.74, 6) is 0. The van der Waals surface area contributed by atoms with Crippen molar-refractivity contribution in [1.29, 1.82) is 0 Å². The average molecular weight is 262 g/mol. The fourth-order valence-corrected chi connectivity index (χ4v) is 2.58. The third kappa shape index (κ3) is 2.87. The van der Waals surface area contributed by atoms with Gasteiger partial charge >= 0.3 is 0 Å². The summed E-state index contributed by atoms with van der Waals surface area (Å²) in [5.41, 5.74) is 2.39. The molecule has 18 heavy (non-hydrogen) atoms. The zero-order chi connectivity index (χ0) is 13.2. The van der Waals surface area contributed by atoms with E-state index in [0.717, 1.165) is 11.1 Å². The first-order chi connectivity index (χ1) is 8.47.